The number of unbranched alkanes of at least 4 members (excludes halogenated alkanes) is 34. The normalized spacial score (nSPS) is 12.4. The number of esters is 3. The molecular weight excluding hydrogens is 733 g/mol. The van der Waals surface area contributed by atoms with Crippen LogP contribution in [-0.2, 0) is 28.6 Å². The first-order chi connectivity index (χ1) is 28.9. The molecule has 0 aliphatic rings. The van der Waals surface area contributed by atoms with Gasteiger partial charge in [0.15, 0.2) is 6.10 Å². The Kier molecular flexibility index (Phi) is 46.2. The maximum absolute atomic E-state index is 12.7. The van der Waals surface area contributed by atoms with Crippen LogP contribution in [0.3, 0.4) is 0 Å². The first kappa shape index (κ1) is 57.4. The van der Waals surface area contributed by atoms with Gasteiger partial charge in [-0.1, -0.05) is 259 Å². The van der Waals surface area contributed by atoms with Crippen LogP contribution in [0.2, 0.25) is 0 Å². The number of hydrogen-bond acceptors (Lipinski definition) is 6. The third-order valence-electron chi connectivity index (χ3n) is 12.4. The summed E-state index contributed by atoms with van der Waals surface area (Å²) < 4.78 is 16.8. The molecule has 0 fully saturated rings. The van der Waals surface area contributed by atoms with E-state index in [4.69, 9.17) is 14.2 Å². The van der Waals surface area contributed by atoms with Crippen LogP contribution in [-0.4, -0.2) is 37.2 Å². The molecule has 6 nitrogen and oxygen atoms in total. The van der Waals surface area contributed by atoms with Gasteiger partial charge < -0.3 is 14.2 Å². The summed E-state index contributed by atoms with van der Waals surface area (Å²) in [7, 11) is 0. The molecule has 0 aromatic rings. The van der Waals surface area contributed by atoms with E-state index in [1.54, 1.807) is 0 Å². The predicted octanol–water partition coefficient (Wildman–Crippen LogP) is 17.1. The Morgan fingerprint density at radius 1 is 0.339 bits per heavy atom. The minimum Gasteiger partial charge on any atom is -0.462 e. The second-order valence-corrected chi connectivity index (χ2v) is 18.4. The van der Waals surface area contributed by atoms with E-state index in [2.05, 4.69) is 27.7 Å². The topological polar surface area (TPSA) is 78.9 Å². The maximum atomic E-state index is 12.7. The van der Waals surface area contributed by atoms with Crippen molar-refractivity contribution < 1.29 is 28.6 Å². The molecule has 6 heteroatoms. The summed E-state index contributed by atoms with van der Waals surface area (Å²) in [6.45, 7) is 9.06. The van der Waals surface area contributed by atoms with Crippen LogP contribution in [0.1, 0.15) is 297 Å². The molecule has 2 atom stereocenters. The molecule has 0 saturated heterocycles. The van der Waals surface area contributed by atoms with Crippen molar-refractivity contribution in [2.75, 3.05) is 13.2 Å². The molecule has 0 N–H and O–H groups in total. The molecule has 0 amide bonds. The van der Waals surface area contributed by atoms with Gasteiger partial charge in [0.05, 0.1) is 0 Å². The van der Waals surface area contributed by atoms with Crippen LogP contribution in [0.4, 0.5) is 0 Å². The van der Waals surface area contributed by atoms with Gasteiger partial charge in [-0.25, -0.2) is 0 Å². The highest BCUT2D eigenvalue weighted by Gasteiger charge is 2.19. The van der Waals surface area contributed by atoms with Gasteiger partial charge in [0.25, 0.3) is 0 Å². The highest BCUT2D eigenvalue weighted by atomic mass is 16.6. The van der Waals surface area contributed by atoms with Crippen LogP contribution in [0.25, 0.3) is 0 Å². The van der Waals surface area contributed by atoms with Crippen molar-refractivity contribution in [3.8, 4) is 0 Å². The second kappa shape index (κ2) is 47.5. The van der Waals surface area contributed by atoms with Crippen molar-refractivity contribution in [1.29, 1.82) is 0 Å². The summed E-state index contributed by atoms with van der Waals surface area (Å²) in [5.74, 6) is 0.0515. The van der Waals surface area contributed by atoms with Gasteiger partial charge in [0, 0.05) is 19.3 Å². The Bertz CT molecular complexity index is 889. The SMILES string of the molecule is CCCCCCCCCCCCCCCC(=O)OC[C@@H](COC(=O)CCCCCCCCCCCCCCCCC(C)CC)OC(=O)CCCCCCCCCCCC. The number of carbonyl (C=O) groups excluding carboxylic acids is 3. The molecule has 0 aliphatic carbocycles. The predicted molar refractivity (Wildman–Crippen MR) is 252 cm³/mol. The average molecular weight is 835 g/mol. The molecule has 0 aliphatic heterocycles. The third kappa shape index (κ3) is 45.8. The van der Waals surface area contributed by atoms with Gasteiger partial charge in [0.1, 0.15) is 13.2 Å². The summed E-state index contributed by atoms with van der Waals surface area (Å²) in [6.07, 6.45) is 49.4. The average Bonchev–Trinajstić information content (AvgIpc) is 3.23. The van der Waals surface area contributed by atoms with Gasteiger partial charge in [0.2, 0.25) is 0 Å². The summed E-state index contributed by atoms with van der Waals surface area (Å²) in [6, 6.07) is 0. The van der Waals surface area contributed by atoms with E-state index in [1.807, 2.05) is 0 Å². The maximum Gasteiger partial charge on any atom is 0.306 e. The van der Waals surface area contributed by atoms with E-state index in [-0.39, 0.29) is 31.1 Å². The first-order valence-electron chi connectivity index (χ1n) is 26.4. The molecule has 0 aromatic heterocycles. The minimum absolute atomic E-state index is 0.0626. The van der Waals surface area contributed by atoms with Crippen molar-refractivity contribution >= 4 is 17.9 Å². The van der Waals surface area contributed by atoms with Crippen LogP contribution >= 0.6 is 0 Å². The van der Waals surface area contributed by atoms with E-state index in [0.717, 1.165) is 63.7 Å². The molecule has 59 heavy (non-hydrogen) atoms. The lowest BCUT2D eigenvalue weighted by Gasteiger charge is -2.18. The Labute approximate surface area is 368 Å². The summed E-state index contributed by atoms with van der Waals surface area (Å²) in [5.41, 5.74) is 0. The third-order valence-corrected chi connectivity index (χ3v) is 12.4. The van der Waals surface area contributed by atoms with Crippen LogP contribution in [0.15, 0.2) is 0 Å². The van der Waals surface area contributed by atoms with Gasteiger partial charge >= 0.3 is 17.9 Å². The van der Waals surface area contributed by atoms with Crippen LogP contribution in [0.5, 0.6) is 0 Å². The van der Waals surface area contributed by atoms with E-state index in [1.165, 1.54) is 193 Å². The fourth-order valence-electron chi connectivity index (χ4n) is 8.01. The Morgan fingerprint density at radius 2 is 0.593 bits per heavy atom. The molecule has 350 valence electrons. The fraction of sp³-hybridized carbons (Fsp3) is 0.943. The van der Waals surface area contributed by atoms with E-state index >= 15 is 0 Å². The largest absolute Gasteiger partial charge is 0.462 e. The van der Waals surface area contributed by atoms with E-state index in [0.29, 0.717) is 19.3 Å². The zero-order valence-electron chi connectivity index (χ0n) is 40.2. The van der Waals surface area contributed by atoms with Gasteiger partial charge in [-0.15, -0.1) is 0 Å². The van der Waals surface area contributed by atoms with Crippen molar-refractivity contribution in [2.45, 2.75) is 303 Å². The molecule has 0 rings (SSSR count). The lowest BCUT2D eigenvalue weighted by Crippen LogP contribution is -2.30. The highest BCUT2D eigenvalue weighted by Crippen LogP contribution is 2.18. The Balaban J connectivity index is 4.24. The molecule has 0 radical (unpaired) electrons. The van der Waals surface area contributed by atoms with E-state index < -0.39 is 6.10 Å². The fourth-order valence-corrected chi connectivity index (χ4v) is 8.01. The minimum atomic E-state index is -0.760. The monoisotopic (exact) mass is 835 g/mol. The van der Waals surface area contributed by atoms with Crippen molar-refractivity contribution in [2.24, 2.45) is 5.92 Å². The van der Waals surface area contributed by atoms with Crippen LogP contribution in [0, 0.1) is 5.92 Å². The Morgan fingerprint density at radius 3 is 0.881 bits per heavy atom. The first-order valence-corrected chi connectivity index (χ1v) is 26.4. The lowest BCUT2D eigenvalue weighted by molar-refractivity contribution is -0.167. The molecular formula is C53H102O6. The van der Waals surface area contributed by atoms with Gasteiger partial charge in [-0.05, 0) is 25.2 Å². The second-order valence-electron chi connectivity index (χ2n) is 18.4. The summed E-state index contributed by atoms with van der Waals surface area (Å²) in [5, 5.41) is 0. The molecule has 0 saturated carbocycles. The van der Waals surface area contributed by atoms with E-state index in [9.17, 15) is 14.4 Å². The number of hydrogen-bond donors (Lipinski definition) is 0. The molecule has 1 unspecified atom stereocenters. The number of ether oxygens (including phenoxy) is 3. The van der Waals surface area contributed by atoms with Crippen molar-refractivity contribution in [3.05, 3.63) is 0 Å². The molecule has 0 bridgehead atoms. The smallest absolute Gasteiger partial charge is 0.306 e. The zero-order valence-corrected chi connectivity index (χ0v) is 40.2. The summed E-state index contributed by atoms with van der Waals surface area (Å²) >= 11 is 0. The number of carbonyl (C=O) groups is 3. The lowest BCUT2D eigenvalue weighted by atomic mass is 9.99. The highest BCUT2D eigenvalue weighted by molar-refractivity contribution is 5.71. The zero-order chi connectivity index (χ0) is 43.1. The number of rotatable bonds is 48. The van der Waals surface area contributed by atoms with Crippen molar-refractivity contribution in [1.82, 2.24) is 0 Å². The van der Waals surface area contributed by atoms with Gasteiger partial charge in [-0.3, -0.25) is 14.4 Å². The van der Waals surface area contributed by atoms with Crippen LogP contribution < -0.4 is 0 Å². The Hall–Kier alpha value is -1.59. The standard InChI is InChI=1S/C53H102O6/c1-5-8-10-12-14-16-18-21-25-29-32-36-40-44-51(54)57-47-50(59-53(56)46-42-38-34-28-17-15-13-11-9-6-2)48-58-52(55)45-41-37-33-30-26-23-20-19-22-24-27-31-35-39-43-49(4)7-3/h49-50H,5-48H2,1-4H3/t49?,50-/m0/s1. The van der Waals surface area contributed by atoms with Gasteiger partial charge in [-0.2, -0.15) is 0 Å². The molecule has 0 heterocycles. The molecule has 0 spiro atoms. The van der Waals surface area contributed by atoms with Crippen molar-refractivity contribution in [3.63, 3.8) is 0 Å². The quantitative estimate of drug-likeness (QED) is 0.0345. The summed E-state index contributed by atoms with van der Waals surface area (Å²) in [4.78, 5) is 37.9. The molecule has 0 aromatic carbocycles.